The fourth-order valence-corrected chi connectivity index (χ4v) is 2.08. The van der Waals surface area contributed by atoms with Gasteiger partial charge < -0.3 is 10.6 Å². The number of carbonyl (C=O) groups excluding carboxylic acids is 1. The standard InChI is InChI=1S/C13H18N2O.ClH/c1-10-2-4-11(5-3-10)8-15-9-12(7-14)6-13(15)16;/h2-5,12H,6-9,14H2,1H3;1H. The van der Waals surface area contributed by atoms with E-state index in [9.17, 15) is 4.79 Å². The number of nitrogens with zero attached hydrogens (tertiary/aromatic N) is 1. The Morgan fingerprint density at radius 3 is 2.53 bits per heavy atom. The Bertz CT molecular complexity index is 378. The van der Waals surface area contributed by atoms with Gasteiger partial charge in [0.05, 0.1) is 0 Å². The first-order valence-corrected chi connectivity index (χ1v) is 5.72. The van der Waals surface area contributed by atoms with Crippen LogP contribution in [0.1, 0.15) is 17.5 Å². The summed E-state index contributed by atoms with van der Waals surface area (Å²) in [7, 11) is 0. The summed E-state index contributed by atoms with van der Waals surface area (Å²) in [5.41, 5.74) is 8.03. The minimum Gasteiger partial charge on any atom is -0.338 e. The minimum absolute atomic E-state index is 0. The zero-order chi connectivity index (χ0) is 11.5. The molecular formula is C13H19ClN2O. The molecule has 1 aromatic carbocycles. The number of benzene rings is 1. The van der Waals surface area contributed by atoms with Crippen molar-refractivity contribution in [3.63, 3.8) is 0 Å². The van der Waals surface area contributed by atoms with E-state index in [0.29, 0.717) is 18.9 Å². The topological polar surface area (TPSA) is 46.3 Å². The van der Waals surface area contributed by atoms with Gasteiger partial charge in [0, 0.05) is 19.5 Å². The third kappa shape index (κ3) is 3.45. The molecule has 3 nitrogen and oxygen atoms in total. The summed E-state index contributed by atoms with van der Waals surface area (Å²) in [4.78, 5) is 13.6. The average molecular weight is 255 g/mol. The smallest absolute Gasteiger partial charge is 0.223 e. The second-order valence-electron chi connectivity index (χ2n) is 4.57. The highest BCUT2D eigenvalue weighted by molar-refractivity contribution is 5.85. The van der Waals surface area contributed by atoms with Crippen LogP contribution in [0.25, 0.3) is 0 Å². The van der Waals surface area contributed by atoms with E-state index in [2.05, 4.69) is 31.2 Å². The molecule has 1 aliphatic heterocycles. The molecule has 1 amide bonds. The SMILES string of the molecule is Cc1ccc(CN2CC(CN)CC2=O)cc1.Cl. The first-order chi connectivity index (χ1) is 7.69. The molecule has 1 fully saturated rings. The van der Waals surface area contributed by atoms with Crippen LogP contribution in [0, 0.1) is 12.8 Å². The predicted molar refractivity (Wildman–Crippen MR) is 71.0 cm³/mol. The van der Waals surface area contributed by atoms with Gasteiger partial charge in [-0.15, -0.1) is 12.4 Å². The highest BCUT2D eigenvalue weighted by atomic mass is 35.5. The predicted octanol–water partition coefficient (Wildman–Crippen LogP) is 1.72. The lowest BCUT2D eigenvalue weighted by atomic mass is 10.1. The molecule has 0 spiro atoms. The van der Waals surface area contributed by atoms with Crippen molar-refractivity contribution >= 4 is 18.3 Å². The summed E-state index contributed by atoms with van der Waals surface area (Å²) < 4.78 is 0. The largest absolute Gasteiger partial charge is 0.338 e. The maximum atomic E-state index is 11.7. The zero-order valence-corrected chi connectivity index (χ0v) is 10.9. The number of aryl methyl sites for hydroxylation is 1. The van der Waals surface area contributed by atoms with Crippen molar-refractivity contribution in [1.29, 1.82) is 0 Å². The molecule has 0 bridgehead atoms. The lowest BCUT2D eigenvalue weighted by molar-refractivity contribution is -0.128. The number of halogens is 1. The molecule has 17 heavy (non-hydrogen) atoms. The first kappa shape index (κ1) is 14.0. The van der Waals surface area contributed by atoms with E-state index in [0.717, 1.165) is 13.1 Å². The Kier molecular flexibility index (Phi) is 4.97. The van der Waals surface area contributed by atoms with Gasteiger partial charge in [-0.2, -0.15) is 0 Å². The van der Waals surface area contributed by atoms with Gasteiger partial charge in [-0.05, 0) is 24.9 Å². The van der Waals surface area contributed by atoms with Gasteiger partial charge in [0.25, 0.3) is 0 Å². The summed E-state index contributed by atoms with van der Waals surface area (Å²) in [5.74, 6) is 0.578. The molecule has 4 heteroatoms. The molecule has 0 aliphatic carbocycles. The fourth-order valence-electron chi connectivity index (χ4n) is 2.08. The fraction of sp³-hybridized carbons (Fsp3) is 0.462. The van der Waals surface area contributed by atoms with Crippen LogP contribution < -0.4 is 5.73 Å². The number of carbonyl (C=O) groups is 1. The van der Waals surface area contributed by atoms with Crippen LogP contribution in [0.3, 0.4) is 0 Å². The van der Waals surface area contributed by atoms with Crippen molar-refractivity contribution in [1.82, 2.24) is 4.90 Å². The third-order valence-electron chi connectivity index (χ3n) is 3.12. The van der Waals surface area contributed by atoms with E-state index < -0.39 is 0 Å². The summed E-state index contributed by atoms with van der Waals surface area (Å²) in [6.07, 6.45) is 0.613. The highest BCUT2D eigenvalue weighted by Gasteiger charge is 2.28. The molecule has 1 atom stereocenters. The molecule has 0 aromatic heterocycles. The first-order valence-electron chi connectivity index (χ1n) is 5.72. The van der Waals surface area contributed by atoms with Crippen LogP contribution in [-0.2, 0) is 11.3 Å². The molecule has 1 heterocycles. The van der Waals surface area contributed by atoms with Crippen LogP contribution in [0.5, 0.6) is 0 Å². The second-order valence-corrected chi connectivity index (χ2v) is 4.57. The van der Waals surface area contributed by atoms with Crippen molar-refractivity contribution in [2.45, 2.75) is 19.9 Å². The quantitative estimate of drug-likeness (QED) is 0.893. The zero-order valence-electron chi connectivity index (χ0n) is 10.1. The van der Waals surface area contributed by atoms with E-state index >= 15 is 0 Å². The van der Waals surface area contributed by atoms with Gasteiger partial charge >= 0.3 is 0 Å². The molecule has 1 aliphatic rings. The Labute approximate surface area is 108 Å². The maximum Gasteiger partial charge on any atom is 0.223 e. The Morgan fingerprint density at radius 2 is 2.00 bits per heavy atom. The number of likely N-dealkylation sites (tertiary alicyclic amines) is 1. The van der Waals surface area contributed by atoms with Gasteiger partial charge in [0.15, 0.2) is 0 Å². The van der Waals surface area contributed by atoms with Gasteiger partial charge in [-0.25, -0.2) is 0 Å². The molecule has 2 N–H and O–H groups in total. The van der Waals surface area contributed by atoms with Gasteiger partial charge in [0.1, 0.15) is 0 Å². The highest BCUT2D eigenvalue weighted by Crippen LogP contribution is 2.19. The van der Waals surface area contributed by atoms with Crippen LogP contribution in [0.4, 0.5) is 0 Å². The van der Waals surface area contributed by atoms with Crippen LogP contribution in [-0.4, -0.2) is 23.9 Å². The summed E-state index contributed by atoms with van der Waals surface area (Å²) >= 11 is 0. The average Bonchev–Trinajstić information content (AvgIpc) is 2.63. The molecule has 1 saturated heterocycles. The Hall–Kier alpha value is -1.06. The summed E-state index contributed by atoms with van der Waals surface area (Å²) in [6, 6.07) is 8.32. The number of rotatable bonds is 3. The number of nitrogens with two attached hydrogens (primary N) is 1. The Morgan fingerprint density at radius 1 is 1.35 bits per heavy atom. The minimum atomic E-state index is 0. The third-order valence-corrected chi connectivity index (χ3v) is 3.12. The van der Waals surface area contributed by atoms with Crippen molar-refractivity contribution in [3.8, 4) is 0 Å². The number of hydrogen-bond donors (Lipinski definition) is 1. The van der Waals surface area contributed by atoms with E-state index in [1.165, 1.54) is 11.1 Å². The van der Waals surface area contributed by atoms with Crippen molar-refractivity contribution in [2.75, 3.05) is 13.1 Å². The summed E-state index contributed by atoms with van der Waals surface area (Å²) in [5, 5.41) is 0. The van der Waals surface area contributed by atoms with Crippen LogP contribution in [0.2, 0.25) is 0 Å². The number of amides is 1. The van der Waals surface area contributed by atoms with E-state index in [-0.39, 0.29) is 18.3 Å². The van der Waals surface area contributed by atoms with E-state index in [1.807, 2.05) is 4.90 Å². The van der Waals surface area contributed by atoms with E-state index in [4.69, 9.17) is 5.73 Å². The maximum absolute atomic E-state index is 11.7. The van der Waals surface area contributed by atoms with E-state index in [1.54, 1.807) is 0 Å². The van der Waals surface area contributed by atoms with Crippen molar-refractivity contribution in [2.24, 2.45) is 11.7 Å². The molecular weight excluding hydrogens is 236 g/mol. The van der Waals surface area contributed by atoms with Gasteiger partial charge in [-0.3, -0.25) is 4.79 Å². The molecule has 2 rings (SSSR count). The van der Waals surface area contributed by atoms with Gasteiger partial charge in [0.2, 0.25) is 5.91 Å². The monoisotopic (exact) mass is 254 g/mol. The van der Waals surface area contributed by atoms with Crippen LogP contribution in [0.15, 0.2) is 24.3 Å². The number of hydrogen-bond acceptors (Lipinski definition) is 2. The molecule has 0 radical (unpaired) electrons. The normalized spacial score (nSPS) is 19.3. The second kappa shape index (κ2) is 6.03. The summed E-state index contributed by atoms with van der Waals surface area (Å²) in [6.45, 7) is 4.20. The lowest BCUT2D eigenvalue weighted by Crippen LogP contribution is -2.25. The van der Waals surface area contributed by atoms with Crippen molar-refractivity contribution < 1.29 is 4.79 Å². The lowest BCUT2D eigenvalue weighted by Gasteiger charge is -2.16. The molecule has 1 aromatic rings. The molecule has 94 valence electrons. The molecule has 0 saturated carbocycles. The molecule has 1 unspecified atom stereocenters. The van der Waals surface area contributed by atoms with Crippen LogP contribution >= 0.6 is 12.4 Å². The van der Waals surface area contributed by atoms with Crippen molar-refractivity contribution in [3.05, 3.63) is 35.4 Å². The van der Waals surface area contributed by atoms with Gasteiger partial charge in [-0.1, -0.05) is 29.8 Å². The Balaban J connectivity index is 0.00000144.